The van der Waals surface area contributed by atoms with Crippen LogP contribution >= 0.6 is 0 Å². The molecule has 9 heavy (non-hydrogen) atoms. The van der Waals surface area contributed by atoms with Gasteiger partial charge in [0.05, 0.1) is 5.92 Å². The molecule has 0 bridgehead atoms. The van der Waals surface area contributed by atoms with Gasteiger partial charge >= 0.3 is 5.97 Å². The predicted molar refractivity (Wildman–Crippen MR) is 29.9 cm³/mol. The molecule has 1 fully saturated rings. The number of alkyl halides is 1. The van der Waals surface area contributed by atoms with E-state index >= 15 is 0 Å². The van der Waals surface area contributed by atoms with Crippen LogP contribution in [0.5, 0.6) is 0 Å². The molecule has 0 aromatic rings. The third-order valence-electron chi connectivity index (χ3n) is 1.69. The first-order valence-corrected chi connectivity index (χ1v) is 2.93. The van der Waals surface area contributed by atoms with Crippen molar-refractivity contribution >= 4 is 5.97 Å². The van der Waals surface area contributed by atoms with E-state index in [4.69, 9.17) is 5.11 Å². The van der Waals surface area contributed by atoms with Crippen LogP contribution in [0.3, 0.4) is 0 Å². The Morgan fingerprint density at radius 1 is 1.78 bits per heavy atom. The van der Waals surface area contributed by atoms with Gasteiger partial charge in [-0.1, -0.05) is 0 Å². The van der Waals surface area contributed by atoms with Gasteiger partial charge in [-0.25, -0.2) is 4.39 Å². The van der Waals surface area contributed by atoms with Gasteiger partial charge in [-0.15, -0.1) is 0 Å². The normalized spacial score (nSPS) is 41.8. The summed E-state index contributed by atoms with van der Waals surface area (Å²) >= 11 is 0. The first kappa shape index (κ1) is 6.52. The van der Waals surface area contributed by atoms with E-state index in [0.29, 0.717) is 0 Å². The summed E-state index contributed by atoms with van der Waals surface area (Å²) in [6.07, 6.45) is 0.366. The second kappa shape index (κ2) is 1.69. The third-order valence-corrected chi connectivity index (χ3v) is 1.69. The number of aliphatic carboxylic acids is 1. The number of rotatable bonds is 1. The van der Waals surface area contributed by atoms with E-state index in [2.05, 4.69) is 0 Å². The molecule has 0 amide bonds. The highest BCUT2D eigenvalue weighted by atomic mass is 19.1. The zero-order valence-electron chi connectivity index (χ0n) is 5.22. The molecular weight excluding hydrogens is 123 g/mol. The minimum atomic E-state index is -1.21. The van der Waals surface area contributed by atoms with E-state index in [1.165, 1.54) is 6.92 Å². The fourth-order valence-corrected chi connectivity index (χ4v) is 1.14. The summed E-state index contributed by atoms with van der Waals surface area (Å²) in [4.78, 5) is 10.1. The summed E-state index contributed by atoms with van der Waals surface area (Å²) in [6.45, 7) is 1.44. The second-order valence-electron chi connectivity index (χ2n) is 2.86. The number of carboxylic acids is 1. The lowest BCUT2D eigenvalue weighted by atomic mass is 9.74. The molecule has 1 aliphatic carbocycles. The Morgan fingerprint density at radius 3 is 2.33 bits per heavy atom. The molecule has 1 rings (SSSR count). The average molecular weight is 132 g/mol. The third kappa shape index (κ3) is 1.20. The van der Waals surface area contributed by atoms with Crippen molar-refractivity contribution in [3.05, 3.63) is 0 Å². The van der Waals surface area contributed by atoms with Crippen LogP contribution in [-0.2, 0) is 4.79 Å². The highest BCUT2D eigenvalue weighted by Gasteiger charge is 2.44. The Balaban J connectivity index is 2.35. The van der Waals surface area contributed by atoms with Gasteiger partial charge in [0.25, 0.3) is 0 Å². The summed E-state index contributed by atoms with van der Waals surface area (Å²) < 4.78 is 12.6. The molecule has 52 valence electrons. The molecule has 0 aliphatic heterocycles. The standard InChI is InChI=1S/C6H9FO2/c1-6(7)2-4(3-6)5(8)9/h4H,2-3H2,1H3,(H,8,9). The lowest BCUT2D eigenvalue weighted by Gasteiger charge is -2.35. The summed E-state index contributed by atoms with van der Waals surface area (Å²) in [7, 11) is 0. The number of hydrogen-bond donors (Lipinski definition) is 1. The van der Waals surface area contributed by atoms with Gasteiger partial charge in [0.2, 0.25) is 0 Å². The largest absolute Gasteiger partial charge is 0.481 e. The molecule has 1 aliphatic rings. The van der Waals surface area contributed by atoms with Crippen LogP contribution in [0.2, 0.25) is 0 Å². The van der Waals surface area contributed by atoms with E-state index in [9.17, 15) is 9.18 Å². The quantitative estimate of drug-likeness (QED) is 0.582. The first-order chi connectivity index (χ1) is 4.01. The molecule has 1 N–H and O–H groups in total. The maximum absolute atomic E-state index is 12.6. The summed E-state index contributed by atoms with van der Waals surface area (Å²) in [6, 6.07) is 0. The maximum Gasteiger partial charge on any atom is 0.306 e. The zero-order chi connectivity index (χ0) is 7.07. The minimum Gasteiger partial charge on any atom is -0.481 e. The average Bonchev–Trinajstić information content (AvgIpc) is 1.59. The number of carboxylic acid groups (broad SMARTS) is 1. The molecule has 0 aromatic carbocycles. The van der Waals surface area contributed by atoms with Gasteiger partial charge in [0.1, 0.15) is 5.67 Å². The highest BCUT2D eigenvalue weighted by Crippen LogP contribution is 2.40. The van der Waals surface area contributed by atoms with Crippen molar-refractivity contribution in [2.75, 3.05) is 0 Å². The van der Waals surface area contributed by atoms with Gasteiger partial charge in [0, 0.05) is 0 Å². The minimum absolute atomic E-state index is 0.183. The van der Waals surface area contributed by atoms with E-state index in [-0.39, 0.29) is 12.8 Å². The topological polar surface area (TPSA) is 37.3 Å². The Bertz CT molecular complexity index is 134. The van der Waals surface area contributed by atoms with Gasteiger partial charge in [-0.3, -0.25) is 4.79 Å². The summed E-state index contributed by atoms with van der Waals surface area (Å²) in [5.74, 6) is -1.30. The molecule has 2 nitrogen and oxygen atoms in total. The fraction of sp³-hybridized carbons (Fsp3) is 0.833. The molecular formula is C6H9FO2. The van der Waals surface area contributed by atoms with Gasteiger partial charge in [0.15, 0.2) is 0 Å². The van der Waals surface area contributed by atoms with Crippen LogP contribution in [-0.4, -0.2) is 16.7 Å². The molecule has 1 saturated carbocycles. The van der Waals surface area contributed by atoms with Crippen LogP contribution in [0.25, 0.3) is 0 Å². The first-order valence-electron chi connectivity index (χ1n) is 2.93. The highest BCUT2D eigenvalue weighted by molar-refractivity contribution is 5.71. The molecule has 0 aromatic heterocycles. The van der Waals surface area contributed by atoms with E-state index in [1.807, 2.05) is 0 Å². The predicted octanol–water partition coefficient (Wildman–Crippen LogP) is 1.21. The second-order valence-corrected chi connectivity index (χ2v) is 2.86. The maximum atomic E-state index is 12.6. The van der Waals surface area contributed by atoms with Crippen molar-refractivity contribution in [2.45, 2.75) is 25.4 Å². The van der Waals surface area contributed by atoms with E-state index in [1.54, 1.807) is 0 Å². The molecule has 0 saturated heterocycles. The molecule has 0 unspecified atom stereocenters. The molecule has 3 heteroatoms. The molecule has 0 heterocycles. The van der Waals surface area contributed by atoms with Crippen LogP contribution < -0.4 is 0 Å². The Labute approximate surface area is 52.7 Å². The van der Waals surface area contributed by atoms with Crippen molar-refractivity contribution in [1.82, 2.24) is 0 Å². The van der Waals surface area contributed by atoms with Gasteiger partial charge in [-0.2, -0.15) is 0 Å². The monoisotopic (exact) mass is 132 g/mol. The smallest absolute Gasteiger partial charge is 0.306 e. The van der Waals surface area contributed by atoms with Crippen molar-refractivity contribution in [2.24, 2.45) is 5.92 Å². The van der Waals surface area contributed by atoms with E-state index < -0.39 is 17.6 Å². The van der Waals surface area contributed by atoms with Crippen LogP contribution in [0.1, 0.15) is 19.8 Å². The molecule has 0 atom stereocenters. The summed E-state index contributed by atoms with van der Waals surface area (Å²) in [5, 5.41) is 8.30. The van der Waals surface area contributed by atoms with Crippen molar-refractivity contribution in [1.29, 1.82) is 0 Å². The van der Waals surface area contributed by atoms with Crippen LogP contribution in [0.4, 0.5) is 4.39 Å². The molecule has 0 spiro atoms. The van der Waals surface area contributed by atoms with Crippen LogP contribution in [0, 0.1) is 5.92 Å². The van der Waals surface area contributed by atoms with Gasteiger partial charge in [-0.05, 0) is 19.8 Å². The number of hydrogen-bond acceptors (Lipinski definition) is 1. The fourth-order valence-electron chi connectivity index (χ4n) is 1.14. The molecule has 0 radical (unpaired) electrons. The van der Waals surface area contributed by atoms with E-state index in [0.717, 1.165) is 0 Å². The SMILES string of the molecule is CC1(F)CC(C(=O)O)C1. The van der Waals surface area contributed by atoms with Crippen molar-refractivity contribution in [3.8, 4) is 0 Å². The summed E-state index contributed by atoms with van der Waals surface area (Å²) in [5.41, 5.74) is -1.21. The Hall–Kier alpha value is -0.600. The van der Waals surface area contributed by atoms with Crippen LogP contribution in [0.15, 0.2) is 0 Å². The number of carbonyl (C=O) groups is 1. The lowest BCUT2D eigenvalue weighted by molar-refractivity contribution is -0.150. The lowest BCUT2D eigenvalue weighted by Crippen LogP contribution is -2.40. The number of halogens is 1. The van der Waals surface area contributed by atoms with Crippen molar-refractivity contribution in [3.63, 3.8) is 0 Å². The Morgan fingerprint density at radius 2 is 2.22 bits per heavy atom. The van der Waals surface area contributed by atoms with Crippen molar-refractivity contribution < 1.29 is 14.3 Å². The Kier molecular flexibility index (Phi) is 1.22. The van der Waals surface area contributed by atoms with Gasteiger partial charge < -0.3 is 5.11 Å². The zero-order valence-corrected chi connectivity index (χ0v) is 5.22.